The van der Waals surface area contributed by atoms with Crippen LogP contribution in [-0.2, 0) is 20.7 Å². The predicted molar refractivity (Wildman–Crippen MR) is 134 cm³/mol. The zero-order valence-corrected chi connectivity index (χ0v) is 21.2. The molecule has 1 heterocycles. The van der Waals surface area contributed by atoms with E-state index in [1.165, 1.54) is 7.11 Å². The summed E-state index contributed by atoms with van der Waals surface area (Å²) in [4.78, 5) is 28.2. The minimum absolute atomic E-state index is 0.0441. The Morgan fingerprint density at radius 3 is 2.54 bits per heavy atom. The van der Waals surface area contributed by atoms with Crippen molar-refractivity contribution in [3.05, 3.63) is 59.7 Å². The standard InChI is InChI=1S/C29H39NO5/c1-18-9-8-12-22-14-21(17-31)19(2)26-23(13-20-10-6-5-7-11-20)30-27(33)29(22,26)24(32)15-25(35-4)28(3,34)16-18/h5-8,10-12,14,18-19,22-23,25-26,31,34H,9,13,15-17H2,1-4H3,(H,30,33)/b12-8+/t18-,19-,22+,23+,25+,26+,28-,29+/m1/s1. The topological polar surface area (TPSA) is 95.9 Å². The van der Waals surface area contributed by atoms with E-state index in [-0.39, 0.29) is 48.5 Å². The average Bonchev–Trinajstić information content (AvgIpc) is 3.11. The highest BCUT2D eigenvalue weighted by atomic mass is 16.5. The van der Waals surface area contributed by atoms with Crippen LogP contribution in [0, 0.1) is 29.1 Å². The molecule has 2 aliphatic carbocycles. The number of aliphatic hydroxyl groups is 2. The molecule has 0 saturated carbocycles. The fourth-order valence-corrected chi connectivity index (χ4v) is 6.93. The van der Waals surface area contributed by atoms with E-state index in [9.17, 15) is 19.8 Å². The summed E-state index contributed by atoms with van der Waals surface area (Å²) >= 11 is 0. The lowest BCUT2D eigenvalue weighted by molar-refractivity contribution is -0.152. The minimum atomic E-state index is -1.31. The van der Waals surface area contributed by atoms with Gasteiger partial charge in [-0.25, -0.2) is 0 Å². The molecule has 1 amide bonds. The summed E-state index contributed by atoms with van der Waals surface area (Å²) in [6.07, 6.45) is 6.99. The number of carbonyl (C=O) groups excluding carboxylic acids is 2. The van der Waals surface area contributed by atoms with Crippen LogP contribution in [0.5, 0.6) is 0 Å². The van der Waals surface area contributed by atoms with Gasteiger partial charge >= 0.3 is 0 Å². The quantitative estimate of drug-likeness (QED) is 0.453. The Kier molecular flexibility index (Phi) is 7.37. The van der Waals surface area contributed by atoms with Crippen molar-refractivity contribution in [3.63, 3.8) is 0 Å². The fraction of sp³-hybridized carbons (Fsp3) is 0.586. The van der Waals surface area contributed by atoms with Crippen LogP contribution in [0.2, 0.25) is 0 Å². The van der Waals surface area contributed by atoms with Gasteiger partial charge in [0.25, 0.3) is 0 Å². The van der Waals surface area contributed by atoms with Crippen LogP contribution in [0.15, 0.2) is 54.1 Å². The first-order chi connectivity index (χ1) is 16.6. The number of methoxy groups -OCH3 is 1. The van der Waals surface area contributed by atoms with Gasteiger partial charge in [-0.3, -0.25) is 9.59 Å². The molecule has 190 valence electrons. The highest BCUT2D eigenvalue weighted by molar-refractivity contribution is 6.09. The van der Waals surface area contributed by atoms with Gasteiger partial charge in [0.15, 0.2) is 5.78 Å². The molecule has 0 unspecified atom stereocenters. The summed E-state index contributed by atoms with van der Waals surface area (Å²) in [7, 11) is 1.52. The number of ketones is 1. The van der Waals surface area contributed by atoms with Crippen molar-refractivity contribution in [2.75, 3.05) is 13.7 Å². The van der Waals surface area contributed by atoms with E-state index in [2.05, 4.69) is 12.2 Å². The first-order valence-electron chi connectivity index (χ1n) is 12.8. The molecular formula is C29H39NO5. The second-order valence-electron chi connectivity index (χ2n) is 11.1. The number of hydrogen-bond donors (Lipinski definition) is 3. The molecular weight excluding hydrogens is 442 g/mol. The van der Waals surface area contributed by atoms with E-state index in [0.29, 0.717) is 19.3 Å². The number of rotatable bonds is 4. The van der Waals surface area contributed by atoms with Crippen molar-refractivity contribution in [2.24, 2.45) is 29.1 Å². The summed E-state index contributed by atoms with van der Waals surface area (Å²) in [5, 5.41) is 24.7. The number of allylic oxidation sites excluding steroid dienone is 3. The average molecular weight is 482 g/mol. The molecule has 1 aromatic rings. The predicted octanol–water partition coefficient (Wildman–Crippen LogP) is 3.23. The monoisotopic (exact) mass is 481 g/mol. The van der Waals surface area contributed by atoms with Crippen LogP contribution < -0.4 is 5.32 Å². The Bertz CT molecular complexity index is 1000. The number of carbonyl (C=O) groups is 2. The molecule has 3 aliphatic rings. The molecule has 1 fully saturated rings. The Hall–Kier alpha value is -2.28. The lowest BCUT2D eigenvalue weighted by Crippen LogP contribution is -2.55. The molecule has 1 aromatic carbocycles. The maximum absolute atomic E-state index is 14.3. The van der Waals surface area contributed by atoms with E-state index < -0.39 is 23.0 Å². The third-order valence-corrected chi connectivity index (χ3v) is 8.63. The maximum Gasteiger partial charge on any atom is 0.235 e. The zero-order chi connectivity index (χ0) is 25.4. The highest BCUT2D eigenvalue weighted by Crippen LogP contribution is 2.55. The van der Waals surface area contributed by atoms with E-state index in [0.717, 1.165) is 11.1 Å². The van der Waals surface area contributed by atoms with Gasteiger partial charge in [-0.15, -0.1) is 0 Å². The SMILES string of the molecule is CO[C@H]1CC(=O)[C@]23C(=O)N[C@@H](Cc4ccccc4)[C@@H]2[C@H](C)C(CO)=C[C@@H]3/C=C/C[C@@H](C)C[C@@]1(C)O. The normalized spacial score (nSPS) is 40.7. The van der Waals surface area contributed by atoms with Gasteiger partial charge in [0, 0.05) is 31.4 Å². The van der Waals surface area contributed by atoms with E-state index in [1.54, 1.807) is 6.92 Å². The van der Waals surface area contributed by atoms with Crippen LogP contribution >= 0.6 is 0 Å². The van der Waals surface area contributed by atoms with Crippen LogP contribution in [-0.4, -0.2) is 53.4 Å². The molecule has 1 aliphatic heterocycles. The van der Waals surface area contributed by atoms with Crippen molar-refractivity contribution < 1.29 is 24.5 Å². The van der Waals surface area contributed by atoms with Crippen molar-refractivity contribution in [1.82, 2.24) is 5.32 Å². The summed E-state index contributed by atoms with van der Waals surface area (Å²) < 4.78 is 5.67. The number of Topliss-reactive ketones (excluding diaryl/α,β-unsaturated/α-hetero) is 1. The Morgan fingerprint density at radius 1 is 1.17 bits per heavy atom. The maximum atomic E-state index is 14.3. The lowest BCUT2D eigenvalue weighted by Gasteiger charge is -2.45. The van der Waals surface area contributed by atoms with Crippen LogP contribution in [0.25, 0.3) is 0 Å². The third-order valence-electron chi connectivity index (χ3n) is 8.63. The van der Waals surface area contributed by atoms with Crippen molar-refractivity contribution in [2.45, 2.75) is 64.2 Å². The molecule has 6 heteroatoms. The van der Waals surface area contributed by atoms with Gasteiger partial charge in [-0.1, -0.05) is 62.4 Å². The van der Waals surface area contributed by atoms with Crippen LogP contribution in [0.1, 0.15) is 45.6 Å². The Labute approximate surface area is 208 Å². The number of benzene rings is 1. The largest absolute Gasteiger partial charge is 0.392 e. The van der Waals surface area contributed by atoms with Crippen molar-refractivity contribution >= 4 is 11.7 Å². The van der Waals surface area contributed by atoms with E-state index >= 15 is 0 Å². The first kappa shape index (κ1) is 25.8. The first-order valence-corrected chi connectivity index (χ1v) is 12.8. The summed E-state index contributed by atoms with van der Waals surface area (Å²) in [5.74, 6) is -1.24. The second-order valence-corrected chi connectivity index (χ2v) is 11.1. The van der Waals surface area contributed by atoms with E-state index in [1.807, 2.05) is 55.5 Å². The number of nitrogens with one attached hydrogen (secondary N) is 1. The number of ether oxygens (including phenoxy) is 1. The van der Waals surface area contributed by atoms with Crippen molar-refractivity contribution in [3.8, 4) is 0 Å². The van der Waals surface area contributed by atoms with Gasteiger partial charge in [-0.05, 0) is 49.2 Å². The van der Waals surface area contributed by atoms with Crippen molar-refractivity contribution in [1.29, 1.82) is 0 Å². The Morgan fingerprint density at radius 2 is 1.89 bits per heavy atom. The molecule has 3 N–H and O–H groups in total. The van der Waals surface area contributed by atoms with Gasteiger partial charge in [0.1, 0.15) is 5.41 Å². The summed E-state index contributed by atoms with van der Waals surface area (Å²) in [5.41, 5.74) is -0.561. The van der Waals surface area contributed by atoms with Crippen LogP contribution in [0.3, 0.4) is 0 Å². The number of aliphatic hydroxyl groups excluding tert-OH is 1. The summed E-state index contributed by atoms with van der Waals surface area (Å²) in [6, 6.07) is 9.72. The molecule has 0 radical (unpaired) electrons. The van der Waals surface area contributed by atoms with Gasteiger partial charge in [0.05, 0.1) is 18.3 Å². The van der Waals surface area contributed by atoms with Gasteiger partial charge < -0.3 is 20.3 Å². The third kappa shape index (κ3) is 4.52. The minimum Gasteiger partial charge on any atom is -0.392 e. The molecule has 35 heavy (non-hydrogen) atoms. The summed E-state index contributed by atoms with van der Waals surface area (Å²) in [6.45, 7) is 5.70. The molecule has 4 rings (SSSR count). The molecule has 8 atom stereocenters. The Balaban J connectivity index is 1.85. The fourth-order valence-electron chi connectivity index (χ4n) is 6.93. The molecule has 1 spiro atoms. The van der Waals surface area contributed by atoms with E-state index in [4.69, 9.17) is 4.74 Å². The molecule has 0 aromatic heterocycles. The van der Waals surface area contributed by atoms with Crippen LogP contribution in [0.4, 0.5) is 0 Å². The molecule has 1 saturated heterocycles. The number of amides is 1. The second kappa shape index (κ2) is 10.00. The smallest absolute Gasteiger partial charge is 0.235 e. The van der Waals surface area contributed by atoms with Gasteiger partial charge in [0.2, 0.25) is 5.91 Å². The number of hydrogen-bond acceptors (Lipinski definition) is 5. The zero-order valence-electron chi connectivity index (χ0n) is 21.2. The highest BCUT2D eigenvalue weighted by Gasteiger charge is 2.65. The lowest BCUT2D eigenvalue weighted by atomic mass is 9.54. The molecule has 0 bridgehead atoms. The van der Waals surface area contributed by atoms with Gasteiger partial charge in [-0.2, -0.15) is 0 Å². The molecule has 6 nitrogen and oxygen atoms in total.